The molecule has 0 unspecified atom stereocenters. The molecule has 2 aromatic carbocycles. The van der Waals surface area contributed by atoms with Crippen molar-refractivity contribution < 1.29 is 14.5 Å². The van der Waals surface area contributed by atoms with Crippen LogP contribution in [0.3, 0.4) is 0 Å². The van der Waals surface area contributed by atoms with Gasteiger partial charge in [-0.1, -0.05) is 24.3 Å². The highest BCUT2D eigenvalue weighted by atomic mass is 16.6. The van der Waals surface area contributed by atoms with Crippen molar-refractivity contribution in [3.05, 3.63) is 71.3 Å². The molecule has 0 fully saturated rings. The monoisotopic (exact) mass is 341 g/mol. The van der Waals surface area contributed by atoms with Gasteiger partial charge in [0.2, 0.25) is 5.91 Å². The second-order valence-corrected chi connectivity index (χ2v) is 5.12. The zero-order valence-corrected chi connectivity index (χ0v) is 13.8. The van der Waals surface area contributed by atoms with E-state index in [4.69, 9.17) is 4.74 Å². The van der Waals surface area contributed by atoms with Crippen molar-refractivity contribution >= 4 is 23.0 Å². The molecule has 0 spiro atoms. The Morgan fingerprint density at radius 2 is 2.04 bits per heavy atom. The Morgan fingerprint density at radius 1 is 1.32 bits per heavy atom. The molecule has 1 N–H and O–H groups in total. The molecule has 0 saturated heterocycles. The van der Waals surface area contributed by atoms with Crippen LogP contribution < -0.4 is 15.0 Å². The fourth-order valence-electron chi connectivity index (χ4n) is 2.30. The largest absolute Gasteiger partial charge is 0.495 e. The lowest BCUT2D eigenvalue weighted by Crippen LogP contribution is -2.35. The van der Waals surface area contributed by atoms with E-state index in [2.05, 4.69) is 11.9 Å². The lowest BCUT2D eigenvalue weighted by atomic mass is 10.2. The van der Waals surface area contributed by atoms with Crippen LogP contribution in [0.4, 0.5) is 17.1 Å². The van der Waals surface area contributed by atoms with Crippen molar-refractivity contribution in [2.24, 2.45) is 0 Å². The van der Waals surface area contributed by atoms with Gasteiger partial charge in [0, 0.05) is 24.4 Å². The Morgan fingerprint density at radius 3 is 2.64 bits per heavy atom. The highest BCUT2D eigenvalue weighted by Crippen LogP contribution is 2.28. The predicted octanol–water partition coefficient (Wildman–Crippen LogP) is 3.23. The Kier molecular flexibility index (Phi) is 6.11. The molecule has 130 valence electrons. The van der Waals surface area contributed by atoms with Gasteiger partial charge in [0.25, 0.3) is 5.69 Å². The van der Waals surface area contributed by atoms with Crippen molar-refractivity contribution in [3.8, 4) is 5.75 Å². The van der Waals surface area contributed by atoms with Crippen LogP contribution in [0.25, 0.3) is 0 Å². The van der Waals surface area contributed by atoms with E-state index >= 15 is 0 Å². The number of nitro groups is 1. The van der Waals surface area contributed by atoms with Gasteiger partial charge in [0.1, 0.15) is 5.75 Å². The van der Waals surface area contributed by atoms with Crippen LogP contribution in [0.15, 0.2) is 61.2 Å². The van der Waals surface area contributed by atoms with Gasteiger partial charge in [-0.2, -0.15) is 0 Å². The van der Waals surface area contributed by atoms with Crippen molar-refractivity contribution in [3.63, 3.8) is 0 Å². The molecule has 2 rings (SSSR count). The molecule has 0 aliphatic heterocycles. The van der Waals surface area contributed by atoms with Gasteiger partial charge in [0.05, 0.1) is 24.3 Å². The highest BCUT2D eigenvalue weighted by molar-refractivity contribution is 5.96. The number of nitrogens with one attached hydrogen (secondary N) is 1. The third-order valence-corrected chi connectivity index (χ3v) is 3.50. The minimum absolute atomic E-state index is 0.0414. The summed E-state index contributed by atoms with van der Waals surface area (Å²) in [7, 11) is 1.46. The van der Waals surface area contributed by atoms with Crippen molar-refractivity contribution in [1.82, 2.24) is 0 Å². The number of benzene rings is 2. The Labute approximate surface area is 145 Å². The maximum atomic E-state index is 12.6. The summed E-state index contributed by atoms with van der Waals surface area (Å²) in [6.45, 7) is 3.99. The van der Waals surface area contributed by atoms with E-state index in [1.807, 2.05) is 30.3 Å². The van der Waals surface area contributed by atoms with E-state index in [0.29, 0.717) is 18.0 Å². The minimum Gasteiger partial charge on any atom is -0.495 e. The lowest BCUT2D eigenvalue weighted by molar-refractivity contribution is -0.384. The number of amides is 1. The molecule has 0 heterocycles. The first kappa shape index (κ1) is 18.0. The molecule has 0 aliphatic rings. The predicted molar refractivity (Wildman–Crippen MR) is 97.1 cm³/mol. The number of nitro benzene ring substituents is 1. The number of hydrogen-bond donors (Lipinski definition) is 1. The molecule has 25 heavy (non-hydrogen) atoms. The summed E-state index contributed by atoms with van der Waals surface area (Å²) in [5.41, 5.74) is 1.05. The van der Waals surface area contributed by atoms with E-state index in [-0.39, 0.29) is 18.1 Å². The number of rotatable bonds is 8. The zero-order chi connectivity index (χ0) is 18.2. The maximum Gasteiger partial charge on any atom is 0.271 e. The molecular weight excluding hydrogens is 322 g/mol. The number of methoxy groups -OCH3 is 1. The Balaban J connectivity index is 2.16. The lowest BCUT2D eigenvalue weighted by Gasteiger charge is -2.22. The standard InChI is InChI=1S/C18H19N3O4/c1-3-11-20(14-7-5-4-6-8-14)18(22)13-19-16-12-15(21(23)24)9-10-17(16)25-2/h3-10,12,19H,1,11,13H2,2H3. The first-order valence-corrected chi connectivity index (χ1v) is 7.59. The summed E-state index contributed by atoms with van der Waals surface area (Å²) in [5, 5.41) is 13.8. The van der Waals surface area contributed by atoms with Crippen LogP contribution in [0.2, 0.25) is 0 Å². The van der Waals surface area contributed by atoms with Crippen molar-refractivity contribution in [1.29, 1.82) is 0 Å². The van der Waals surface area contributed by atoms with Gasteiger partial charge in [-0.15, -0.1) is 6.58 Å². The molecule has 0 aromatic heterocycles. The van der Waals surface area contributed by atoms with Crippen molar-refractivity contribution in [2.45, 2.75) is 0 Å². The quantitative estimate of drug-likeness (QED) is 0.453. The van der Waals surface area contributed by atoms with Gasteiger partial charge in [0.15, 0.2) is 0 Å². The normalized spacial score (nSPS) is 9.96. The SMILES string of the molecule is C=CCN(C(=O)CNc1cc([N+](=O)[O-])ccc1OC)c1ccccc1. The van der Waals surface area contributed by atoms with Crippen LogP contribution in [0, 0.1) is 10.1 Å². The average molecular weight is 341 g/mol. The summed E-state index contributed by atoms with van der Waals surface area (Å²) in [6.07, 6.45) is 1.64. The first-order chi connectivity index (χ1) is 12.1. The Bertz CT molecular complexity index is 762. The molecule has 7 nitrogen and oxygen atoms in total. The molecule has 0 radical (unpaired) electrons. The van der Waals surface area contributed by atoms with Crippen LogP contribution in [0.1, 0.15) is 0 Å². The topological polar surface area (TPSA) is 84.7 Å². The number of non-ortho nitro benzene ring substituents is 1. The maximum absolute atomic E-state index is 12.6. The van der Waals surface area contributed by atoms with E-state index in [0.717, 1.165) is 5.69 Å². The molecule has 2 aromatic rings. The number of nitrogens with zero attached hydrogens (tertiary/aromatic N) is 2. The number of carbonyl (C=O) groups excluding carboxylic acids is 1. The first-order valence-electron chi connectivity index (χ1n) is 7.59. The van der Waals surface area contributed by atoms with Crippen LogP contribution in [-0.2, 0) is 4.79 Å². The summed E-state index contributed by atoms with van der Waals surface area (Å²) in [5.74, 6) is 0.230. The minimum atomic E-state index is -0.500. The van der Waals surface area contributed by atoms with Crippen LogP contribution in [-0.4, -0.2) is 31.0 Å². The molecule has 0 aliphatic carbocycles. The summed E-state index contributed by atoms with van der Waals surface area (Å²) >= 11 is 0. The van der Waals surface area contributed by atoms with Crippen LogP contribution >= 0.6 is 0 Å². The van der Waals surface area contributed by atoms with E-state index in [1.54, 1.807) is 11.0 Å². The van der Waals surface area contributed by atoms with Gasteiger partial charge in [-0.3, -0.25) is 14.9 Å². The van der Waals surface area contributed by atoms with Gasteiger partial charge in [-0.05, 0) is 18.2 Å². The second kappa shape index (κ2) is 8.49. The number of para-hydroxylation sites is 1. The van der Waals surface area contributed by atoms with E-state index < -0.39 is 4.92 Å². The number of ether oxygens (including phenoxy) is 1. The molecule has 0 atom stereocenters. The summed E-state index contributed by atoms with van der Waals surface area (Å²) in [4.78, 5) is 24.6. The highest BCUT2D eigenvalue weighted by Gasteiger charge is 2.16. The number of hydrogen-bond acceptors (Lipinski definition) is 5. The molecule has 0 bridgehead atoms. The average Bonchev–Trinajstić information content (AvgIpc) is 2.64. The smallest absolute Gasteiger partial charge is 0.271 e. The van der Waals surface area contributed by atoms with Gasteiger partial charge < -0.3 is 15.0 Å². The fraction of sp³-hybridized carbons (Fsp3) is 0.167. The molecule has 1 amide bonds. The molecule has 7 heteroatoms. The van der Waals surface area contributed by atoms with Gasteiger partial charge >= 0.3 is 0 Å². The van der Waals surface area contributed by atoms with Crippen molar-refractivity contribution in [2.75, 3.05) is 30.4 Å². The number of anilines is 2. The van der Waals surface area contributed by atoms with E-state index in [1.165, 1.54) is 25.3 Å². The summed E-state index contributed by atoms with van der Waals surface area (Å²) in [6, 6.07) is 13.4. The molecular formula is C18H19N3O4. The zero-order valence-electron chi connectivity index (χ0n) is 13.8. The van der Waals surface area contributed by atoms with Gasteiger partial charge in [-0.25, -0.2) is 0 Å². The Hall–Kier alpha value is -3.35. The molecule has 0 saturated carbocycles. The van der Waals surface area contributed by atoms with E-state index in [9.17, 15) is 14.9 Å². The fourth-order valence-corrected chi connectivity index (χ4v) is 2.30. The second-order valence-electron chi connectivity index (χ2n) is 5.12. The summed E-state index contributed by atoms with van der Waals surface area (Å²) < 4.78 is 5.18. The van der Waals surface area contributed by atoms with Crippen LogP contribution in [0.5, 0.6) is 5.75 Å². The number of carbonyl (C=O) groups is 1. The third kappa shape index (κ3) is 4.57. The third-order valence-electron chi connectivity index (χ3n) is 3.50.